The molecule has 1 rings (SSSR count). The maximum absolute atomic E-state index is 7.13. The summed E-state index contributed by atoms with van der Waals surface area (Å²) in [5, 5.41) is 7.13. The lowest BCUT2D eigenvalue weighted by Crippen LogP contribution is -2.23. The Hall–Kier alpha value is -1.42. The third-order valence-electron chi connectivity index (χ3n) is 2.52. The molecule has 1 heterocycles. The first-order valence-corrected chi connectivity index (χ1v) is 5.59. The van der Waals surface area contributed by atoms with Gasteiger partial charge < -0.3 is 10.6 Å². The predicted molar refractivity (Wildman–Crippen MR) is 66.6 cm³/mol. The fourth-order valence-electron chi connectivity index (χ4n) is 1.52. The van der Waals surface area contributed by atoms with Crippen molar-refractivity contribution in [3.63, 3.8) is 0 Å². The average molecular weight is 220 g/mol. The molecule has 0 radical (unpaired) electrons. The molecule has 0 aromatic carbocycles. The number of nitrogens with zero attached hydrogens (tertiary/aromatic N) is 2. The van der Waals surface area contributed by atoms with Crippen molar-refractivity contribution in [2.45, 2.75) is 19.3 Å². The van der Waals surface area contributed by atoms with E-state index < -0.39 is 0 Å². The first-order chi connectivity index (χ1) is 7.68. The van der Waals surface area contributed by atoms with Crippen LogP contribution in [0.2, 0.25) is 0 Å². The van der Waals surface area contributed by atoms with Crippen molar-refractivity contribution in [1.29, 1.82) is 5.41 Å². The van der Waals surface area contributed by atoms with Crippen LogP contribution in [0.15, 0.2) is 24.5 Å². The summed E-state index contributed by atoms with van der Waals surface area (Å²) in [7, 11) is 2.10. The highest BCUT2D eigenvalue weighted by Crippen LogP contribution is 2.00. The van der Waals surface area contributed by atoms with Gasteiger partial charge in [0.05, 0.1) is 5.84 Å². The van der Waals surface area contributed by atoms with E-state index in [-0.39, 0.29) is 5.84 Å². The summed E-state index contributed by atoms with van der Waals surface area (Å²) in [5.41, 5.74) is 6.61. The number of aromatic nitrogens is 1. The van der Waals surface area contributed by atoms with Crippen molar-refractivity contribution in [1.82, 2.24) is 9.88 Å². The Balaban J connectivity index is 2.15. The van der Waals surface area contributed by atoms with Crippen LogP contribution in [0.3, 0.4) is 0 Å². The lowest BCUT2D eigenvalue weighted by Gasteiger charge is -2.16. The highest BCUT2D eigenvalue weighted by atomic mass is 15.1. The molecule has 0 bridgehead atoms. The average Bonchev–Trinajstić information content (AvgIpc) is 2.27. The minimum atomic E-state index is 0.280. The van der Waals surface area contributed by atoms with E-state index in [1.54, 1.807) is 0 Å². The molecule has 0 saturated carbocycles. The molecule has 16 heavy (non-hydrogen) atoms. The minimum Gasteiger partial charge on any atom is -0.388 e. The zero-order valence-corrected chi connectivity index (χ0v) is 9.82. The van der Waals surface area contributed by atoms with Crippen molar-refractivity contribution in [3.8, 4) is 0 Å². The van der Waals surface area contributed by atoms with Crippen LogP contribution in [-0.4, -0.2) is 35.9 Å². The molecule has 0 saturated heterocycles. The van der Waals surface area contributed by atoms with E-state index in [4.69, 9.17) is 11.1 Å². The summed E-state index contributed by atoms with van der Waals surface area (Å²) in [4.78, 5) is 6.26. The van der Waals surface area contributed by atoms with E-state index in [1.165, 1.54) is 5.56 Å². The van der Waals surface area contributed by atoms with Gasteiger partial charge in [0, 0.05) is 25.4 Å². The standard InChI is InChI=1S/C12H20N4/c1-16(9-2-3-12(13)14)10-6-11-4-7-15-8-5-11/h4-5,7-8H,2-3,6,9-10H2,1H3,(H3,13,14). The molecule has 0 aliphatic carbocycles. The van der Waals surface area contributed by atoms with E-state index in [0.29, 0.717) is 6.42 Å². The van der Waals surface area contributed by atoms with E-state index in [2.05, 4.69) is 16.9 Å². The van der Waals surface area contributed by atoms with Gasteiger partial charge in [-0.25, -0.2) is 0 Å². The van der Waals surface area contributed by atoms with Crippen LogP contribution >= 0.6 is 0 Å². The number of likely N-dealkylation sites (N-methyl/N-ethyl adjacent to an activating group) is 1. The van der Waals surface area contributed by atoms with Crippen LogP contribution in [0.1, 0.15) is 18.4 Å². The lowest BCUT2D eigenvalue weighted by molar-refractivity contribution is 0.335. The number of pyridine rings is 1. The van der Waals surface area contributed by atoms with Crippen LogP contribution in [0.4, 0.5) is 0 Å². The number of amidine groups is 1. The smallest absolute Gasteiger partial charge is 0.0905 e. The van der Waals surface area contributed by atoms with E-state index in [9.17, 15) is 0 Å². The molecular weight excluding hydrogens is 200 g/mol. The molecule has 0 spiro atoms. The Bertz CT molecular complexity index is 310. The summed E-state index contributed by atoms with van der Waals surface area (Å²) in [6, 6.07) is 4.09. The van der Waals surface area contributed by atoms with Gasteiger partial charge in [-0.15, -0.1) is 0 Å². The normalized spacial score (nSPS) is 10.6. The first-order valence-electron chi connectivity index (χ1n) is 5.59. The van der Waals surface area contributed by atoms with Crippen LogP contribution in [0.5, 0.6) is 0 Å². The monoisotopic (exact) mass is 220 g/mol. The van der Waals surface area contributed by atoms with Gasteiger partial charge in [0.15, 0.2) is 0 Å². The summed E-state index contributed by atoms with van der Waals surface area (Å²) in [6.45, 7) is 2.02. The SMILES string of the molecule is CN(CCCC(=N)N)CCc1ccncc1. The predicted octanol–water partition coefficient (Wildman–Crippen LogP) is 1.27. The highest BCUT2D eigenvalue weighted by molar-refractivity contribution is 5.76. The second kappa shape index (κ2) is 6.95. The Morgan fingerprint density at radius 2 is 2.06 bits per heavy atom. The summed E-state index contributed by atoms with van der Waals surface area (Å²) in [6.07, 6.45) is 6.34. The topological polar surface area (TPSA) is 66.0 Å². The Morgan fingerprint density at radius 3 is 2.69 bits per heavy atom. The van der Waals surface area contributed by atoms with Crippen LogP contribution < -0.4 is 5.73 Å². The fraction of sp³-hybridized carbons (Fsp3) is 0.500. The molecule has 88 valence electrons. The van der Waals surface area contributed by atoms with Gasteiger partial charge in [0.1, 0.15) is 0 Å². The zero-order valence-electron chi connectivity index (χ0n) is 9.82. The zero-order chi connectivity index (χ0) is 11.8. The summed E-state index contributed by atoms with van der Waals surface area (Å²) >= 11 is 0. The Morgan fingerprint density at radius 1 is 1.38 bits per heavy atom. The largest absolute Gasteiger partial charge is 0.388 e. The maximum Gasteiger partial charge on any atom is 0.0905 e. The van der Waals surface area contributed by atoms with E-state index >= 15 is 0 Å². The van der Waals surface area contributed by atoms with Crippen LogP contribution in [0.25, 0.3) is 0 Å². The quantitative estimate of drug-likeness (QED) is 0.537. The third kappa shape index (κ3) is 5.46. The van der Waals surface area contributed by atoms with Gasteiger partial charge in [-0.2, -0.15) is 0 Å². The molecule has 1 aromatic rings. The highest BCUT2D eigenvalue weighted by Gasteiger charge is 1.99. The number of hydrogen-bond acceptors (Lipinski definition) is 3. The molecule has 4 nitrogen and oxygen atoms in total. The van der Waals surface area contributed by atoms with Gasteiger partial charge in [-0.3, -0.25) is 10.4 Å². The molecule has 0 aliphatic rings. The third-order valence-corrected chi connectivity index (χ3v) is 2.52. The molecule has 0 atom stereocenters. The van der Waals surface area contributed by atoms with Crippen molar-refractivity contribution in [2.24, 2.45) is 5.73 Å². The lowest BCUT2D eigenvalue weighted by atomic mass is 10.2. The van der Waals surface area contributed by atoms with Gasteiger partial charge in [-0.05, 0) is 44.1 Å². The van der Waals surface area contributed by atoms with Crippen LogP contribution in [-0.2, 0) is 6.42 Å². The molecule has 4 heteroatoms. The van der Waals surface area contributed by atoms with E-state index in [0.717, 1.165) is 25.9 Å². The summed E-state index contributed by atoms with van der Waals surface area (Å²) < 4.78 is 0. The maximum atomic E-state index is 7.13. The molecule has 3 N–H and O–H groups in total. The molecule has 0 amide bonds. The molecular formula is C12H20N4. The molecule has 0 fully saturated rings. The first kappa shape index (κ1) is 12.6. The number of nitrogens with one attached hydrogen (secondary N) is 1. The molecule has 0 aliphatic heterocycles. The Labute approximate surface area is 97.0 Å². The summed E-state index contributed by atoms with van der Waals surface area (Å²) in [5.74, 6) is 0.280. The van der Waals surface area contributed by atoms with Gasteiger partial charge >= 0.3 is 0 Å². The van der Waals surface area contributed by atoms with Gasteiger partial charge in [0.2, 0.25) is 0 Å². The van der Waals surface area contributed by atoms with Gasteiger partial charge in [-0.1, -0.05) is 0 Å². The molecule has 0 unspecified atom stereocenters. The van der Waals surface area contributed by atoms with E-state index in [1.807, 2.05) is 24.5 Å². The van der Waals surface area contributed by atoms with Crippen LogP contribution in [0, 0.1) is 5.41 Å². The number of hydrogen-bond donors (Lipinski definition) is 2. The Kier molecular flexibility index (Phi) is 5.50. The van der Waals surface area contributed by atoms with Crippen molar-refractivity contribution < 1.29 is 0 Å². The molecule has 1 aromatic heterocycles. The van der Waals surface area contributed by atoms with Crippen molar-refractivity contribution in [2.75, 3.05) is 20.1 Å². The second-order valence-corrected chi connectivity index (χ2v) is 4.04. The van der Waals surface area contributed by atoms with Crippen molar-refractivity contribution in [3.05, 3.63) is 30.1 Å². The number of nitrogens with two attached hydrogens (primary N) is 1. The van der Waals surface area contributed by atoms with Gasteiger partial charge in [0.25, 0.3) is 0 Å². The second-order valence-electron chi connectivity index (χ2n) is 4.04. The fourth-order valence-corrected chi connectivity index (χ4v) is 1.52. The van der Waals surface area contributed by atoms with Crippen molar-refractivity contribution >= 4 is 5.84 Å². The number of rotatable bonds is 7. The minimum absolute atomic E-state index is 0.280.